The number of pyridine rings is 1. The monoisotopic (exact) mass is 735 g/mol. The first kappa shape index (κ1) is 35.9. The number of carbonyl (C=O) groups is 3. The summed E-state index contributed by atoms with van der Waals surface area (Å²) in [5.74, 6) is -0.549. The average Bonchev–Trinajstić information content (AvgIpc) is 3.54. The molecule has 2 amide bonds. The lowest BCUT2D eigenvalue weighted by Crippen LogP contribution is -2.59. The smallest absolute Gasteiger partial charge is 0.265 e. The van der Waals surface area contributed by atoms with Gasteiger partial charge in [-0.15, -0.1) is 11.3 Å². The van der Waals surface area contributed by atoms with Crippen LogP contribution in [0.4, 0.5) is 31.7 Å². The number of hydrogen-bond acceptors (Lipinski definition) is 8. The van der Waals surface area contributed by atoms with Gasteiger partial charge in [-0.1, -0.05) is 12.1 Å². The van der Waals surface area contributed by atoms with Gasteiger partial charge >= 0.3 is 0 Å². The first-order valence-corrected chi connectivity index (χ1v) is 18.3. The molecule has 0 aliphatic carbocycles. The molecule has 8 rings (SSSR count). The van der Waals surface area contributed by atoms with Gasteiger partial charge in [-0.25, -0.2) is 13.8 Å². The molecule has 0 unspecified atom stereocenters. The quantitative estimate of drug-likeness (QED) is 0.170. The predicted octanol–water partition coefficient (Wildman–Crippen LogP) is 8.01. The van der Waals surface area contributed by atoms with Gasteiger partial charge in [-0.05, 0) is 104 Å². The summed E-state index contributed by atoms with van der Waals surface area (Å²) >= 11 is 1.35. The Bertz CT molecular complexity index is 2160. The van der Waals surface area contributed by atoms with E-state index in [1.165, 1.54) is 35.6 Å². The van der Waals surface area contributed by atoms with E-state index in [0.29, 0.717) is 27.1 Å². The van der Waals surface area contributed by atoms with E-state index < -0.39 is 5.82 Å². The molecule has 272 valence electrons. The van der Waals surface area contributed by atoms with Gasteiger partial charge in [0.2, 0.25) is 0 Å². The van der Waals surface area contributed by atoms with Gasteiger partial charge in [0.15, 0.2) is 0 Å². The Hall–Kier alpha value is -5.46. The number of hydrogen-bond donors (Lipinski definition) is 2. The molecule has 1 spiro atoms. The molecule has 2 fully saturated rings. The van der Waals surface area contributed by atoms with Gasteiger partial charge in [0.25, 0.3) is 11.8 Å². The molecule has 2 saturated heterocycles. The van der Waals surface area contributed by atoms with Gasteiger partial charge in [0, 0.05) is 78.9 Å². The van der Waals surface area contributed by atoms with Crippen LogP contribution in [0.2, 0.25) is 0 Å². The normalized spacial score (nSPS) is 15.5. The van der Waals surface area contributed by atoms with E-state index in [1.54, 1.807) is 48.7 Å². The van der Waals surface area contributed by atoms with E-state index in [9.17, 15) is 23.2 Å². The molecule has 9 nitrogen and oxygen atoms in total. The number of rotatable bonds is 6. The maximum atomic E-state index is 13.8. The Kier molecular flexibility index (Phi) is 10.3. The number of anilines is 4. The van der Waals surface area contributed by atoms with Crippen LogP contribution in [0.5, 0.6) is 0 Å². The third kappa shape index (κ3) is 7.84. The van der Waals surface area contributed by atoms with Crippen LogP contribution in [0.15, 0.2) is 85.1 Å². The highest BCUT2D eigenvalue weighted by Crippen LogP contribution is 2.43. The fraction of sp³-hybridized carbons (Fsp3) is 0.268. The van der Waals surface area contributed by atoms with Gasteiger partial charge in [0.1, 0.15) is 23.7 Å². The summed E-state index contributed by atoms with van der Waals surface area (Å²) in [6.45, 7) is 6.14. The van der Waals surface area contributed by atoms with E-state index in [2.05, 4.69) is 20.5 Å². The lowest BCUT2D eigenvalue weighted by molar-refractivity contribution is -0.000511. The van der Waals surface area contributed by atoms with Crippen molar-refractivity contribution in [3.05, 3.63) is 124 Å². The molecule has 2 N–H and O–H groups in total. The van der Waals surface area contributed by atoms with Gasteiger partial charge in [0.05, 0.1) is 16.1 Å². The number of amides is 2. The van der Waals surface area contributed by atoms with Gasteiger partial charge in [-0.2, -0.15) is 0 Å². The largest absolute Gasteiger partial charge is 0.381 e. The Morgan fingerprint density at radius 3 is 2.43 bits per heavy atom. The number of likely N-dealkylation sites (N-methyl/N-ethyl adjacent to an activating group) is 1. The van der Waals surface area contributed by atoms with E-state index in [4.69, 9.17) is 4.74 Å². The van der Waals surface area contributed by atoms with Crippen LogP contribution in [0.25, 0.3) is 10.4 Å². The lowest BCUT2D eigenvalue weighted by atomic mass is 9.73. The molecule has 3 aliphatic heterocycles. The fourth-order valence-electron chi connectivity index (χ4n) is 6.98. The number of nitrogens with one attached hydrogen (secondary N) is 2. The topological polar surface area (TPSA) is 104 Å². The van der Waals surface area contributed by atoms with Crippen molar-refractivity contribution in [2.75, 3.05) is 60.3 Å². The highest BCUT2D eigenvalue weighted by Gasteiger charge is 2.45. The minimum atomic E-state index is -0.471. The molecule has 3 aromatic carbocycles. The number of ether oxygens (including phenoxy) is 1. The molecular formula is C41H39F2N5O4S. The summed E-state index contributed by atoms with van der Waals surface area (Å²) in [6, 6.07) is 21.3. The zero-order valence-electron chi connectivity index (χ0n) is 29.5. The number of nitrogens with zero attached hydrogens (tertiary/aromatic N) is 3. The van der Waals surface area contributed by atoms with E-state index in [1.807, 2.05) is 31.0 Å². The molecule has 2 aromatic heterocycles. The Balaban J connectivity index is 0.000000164. The van der Waals surface area contributed by atoms with Crippen molar-refractivity contribution in [1.29, 1.82) is 0 Å². The van der Waals surface area contributed by atoms with Crippen LogP contribution < -0.4 is 20.4 Å². The van der Waals surface area contributed by atoms with E-state index >= 15 is 0 Å². The molecule has 5 aromatic rings. The first-order chi connectivity index (χ1) is 25.6. The molecule has 12 heteroatoms. The van der Waals surface area contributed by atoms with Crippen LogP contribution in [0.3, 0.4) is 0 Å². The Labute approximate surface area is 310 Å². The lowest BCUT2D eigenvalue weighted by Gasteiger charge is -2.53. The standard InChI is InChI=1S/C21H23N3O3.C20H16F2N2OS/c1-15-10-18(20(26)23-17-4-2-16(12-25)3-5-17)19(22-11-15)24-13-21(14-24)6-8-27-9-7-21;1-24-9-8-12-10-18(20(25)23-16-5-3-2-4-15(16)22)26-19(12)14-7-6-13(21)11-17(14)24/h2-5,10-12H,6-9,13-14H2,1H3,(H,23,26);2-7,10-11H,8-9H2,1H3,(H,23,25). The van der Waals surface area contributed by atoms with Crippen LogP contribution in [0, 0.1) is 24.0 Å². The maximum absolute atomic E-state index is 13.8. The summed E-state index contributed by atoms with van der Waals surface area (Å²) in [5, 5.41) is 5.53. The number of aldehydes is 1. The molecule has 5 heterocycles. The molecule has 0 bridgehead atoms. The molecule has 0 atom stereocenters. The zero-order valence-corrected chi connectivity index (χ0v) is 30.3. The predicted molar refractivity (Wildman–Crippen MR) is 204 cm³/mol. The number of halogens is 2. The summed E-state index contributed by atoms with van der Waals surface area (Å²) in [7, 11) is 1.93. The summed E-state index contributed by atoms with van der Waals surface area (Å²) in [4.78, 5) is 46.5. The second-order valence-corrected chi connectivity index (χ2v) is 14.8. The van der Waals surface area contributed by atoms with Crippen molar-refractivity contribution in [3.8, 4) is 10.4 Å². The van der Waals surface area contributed by atoms with E-state index in [-0.39, 0.29) is 23.3 Å². The minimum absolute atomic E-state index is 0.156. The minimum Gasteiger partial charge on any atom is -0.381 e. The highest BCUT2D eigenvalue weighted by atomic mass is 32.1. The van der Waals surface area contributed by atoms with Crippen LogP contribution in [0.1, 0.15) is 54.4 Å². The average molecular weight is 736 g/mol. The summed E-state index contributed by atoms with van der Waals surface area (Å²) in [6.07, 6.45) is 5.48. The molecule has 53 heavy (non-hydrogen) atoms. The SMILES string of the molecule is CN1CCc2cc(C(=O)Nc3ccccc3F)sc2-c2ccc(F)cc21.Cc1cnc(N2CC3(CCOCC3)C2)c(C(=O)Nc2ccc(C=O)cc2)c1. The van der Waals surface area contributed by atoms with Crippen LogP contribution >= 0.6 is 11.3 Å². The van der Waals surface area contributed by atoms with Gasteiger partial charge < -0.3 is 25.2 Å². The number of carbonyl (C=O) groups excluding carboxylic acids is 3. The molecule has 0 saturated carbocycles. The third-order valence-electron chi connectivity index (χ3n) is 9.95. The fourth-order valence-corrected chi connectivity index (χ4v) is 8.12. The van der Waals surface area contributed by atoms with Crippen molar-refractivity contribution < 1.29 is 27.9 Å². The number of para-hydroxylation sites is 1. The first-order valence-electron chi connectivity index (χ1n) is 17.5. The van der Waals surface area contributed by atoms with Gasteiger partial charge in [-0.3, -0.25) is 14.4 Å². The van der Waals surface area contributed by atoms with Crippen molar-refractivity contribution in [1.82, 2.24) is 4.98 Å². The van der Waals surface area contributed by atoms with Crippen molar-refractivity contribution in [3.63, 3.8) is 0 Å². The Morgan fingerprint density at radius 1 is 0.943 bits per heavy atom. The number of aryl methyl sites for hydroxylation is 1. The van der Waals surface area contributed by atoms with E-state index in [0.717, 1.165) is 91.5 Å². The van der Waals surface area contributed by atoms with Crippen LogP contribution in [-0.2, 0) is 11.2 Å². The zero-order chi connectivity index (χ0) is 37.1. The summed E-state index contributed by atoms with van der Waals surface area (Å²) < 4.78 is 32.9. The number of fused-ring (bicyclic) bond motifs is 3. The second kappa shape index (κ2) is 15.3. The number of benzene rings is 3. The second-order valence-electron chi connectivity index (χ2n) is 13.8. The highest BCUT2D eigenvalue weighted by molar-refractivity contribution is 7.17. The summed E-state index contributed by atoms with van der Waals surface area (Å²) in [5.41, 5.74) is 5.99. The van der Waals surface area contributed by atoms with Crippen molar-refractivity contribution >= 4 is 52.3 Å². The number of aromatic nitrogens is 1. The van der Waals surface area contributed by atoms with Crippen molar-refractivity contribution in [2.24, 2.45) is 5.41 Å². The van der Waals surface area contributed by atoms with Crippen LogP contribution in [-0.4, -0.2) is 63.0 Å². The molecule has 0 radical (unpaired) electrons. The maximum Gasteiger partial charge on any atom is 0.265 e. The Morgan fingerprint density at radius 2 is 1.70 bits per heavy atom. The number of thiophene rings is 1. The molecular weight excluding hydrogens is 697 g/mol. The third-order valence-corrected chi connectivity index (χ3v) is 11.2. The van der Waals surface area contributed by atoms with Crippen molar-refractivity contribution in [2.45, 2.75) is 26.2 Å². The molecule has 3 aliphatic rings.